The Morgan fingerprint density at radius 1 is 1.38 bits per heavy atom. The minimum absolute atomic E-state index is 0.0673. The number of carboxylic acids is 1. The number of aromatic carboxylic acids is 1. The van der Waals surface area contributed by atoms with Gasteiger partial charge in [-0.05, 0) is 32.1 Å². The van der Waals surface area contributed by atoms with Gasteiger partial charge in [-0.3, -0.25) is 4.79 Å². The van der Waals surface area contributed by atoms with Crippen LogP contribution in [-0.2, 0) is 6.42 Å². The average molecular weight is 291 g/mol. The summed E-state index contributed by atoms with van der Waals surface area (Å²) in [6.45, 7) is 2.34. The lowest BCUT2D eigenvalue weighted by molar-refractivity contribution is 0.0694. The maximum atomic E-state index is 12.0. The number of allylic oxidation sites excluding steroid dienone is 1. The van der Waals surface area contributed by atoms with Gasteiger partial charge in [0.15, 0.2) is 5.76 Å². The van der Waals surface area contributed by atoms with Gasteiger partial charge >= 0.3 is 5.97 Å². The molecule has 0 atom stereocenters. The van der Waals surface area contributed by atoms with Crippen molar-refractivity contribution in [3.63, 3.8) is 0 Å². The number of aryl methyl sites for hydroxylation is 1. The number of hydrogen-bond donors (Lipinski definition) is 2. The van der Waals surface area contributed by atoms with Crippen LogP contribution in [0.3, 0.4) is 0 Å². The van der Waals surface area contributed by atoms with Crippen LogP contribution in [0.4, 0.5) is 0 Å². The summed E-state index contributed by atoms with van der Waals surface area (Å²) in [4.78, 5) is 23.0. The molecule has 0 aliphatic heterocycles. The van der Waals surface area contributed by atoms with Crippen molar-refractivity contribution in [3.8, 4) is 0 Å². The summed E-state index contributed by atoms with van der Waals surface area (Å²) in [5, 5.41) is 11.8. The highest BCUT2D eigenvalue weighted by molar-refractivity contribution is 5.96. The molecule has 1 amide bonds. The Labute approximate surface area is 124 Å². The minimum atomic E-state index is -1.07. The first kappa shape index (κ1) is 15.4. The van der Waals surface area contributed by atoms with Crippen LogP contribution in [0.1, 0.15) is 65.7 Å². The Kier molecular flexibility index (Phi) is 5.20. The lowest BCUT2D eigenvalue weighted by Crippen LogP contribution is -2.24. The van der Waals surface area contributed by atoms with Gasteiger partial charge in [0.1, 0.15) is 11.3 Å². The average Bonchev–Trinajstić information content (AvgIpc) is 2.93. The topological polar surface area (TPSA) is 79.5 Å². The number of amides is 1. The number of hydrogen-bond acceptors (Lipinski definition) is 3. The van der Waals surface area contributed by atoms with Crippen LogP contribution in [0.5, 0.6) is 0 Å². The van der Waals surface area contributed by atoms with E-state index < -0.39 is 5.97 Å². The molecule has 5 nitrogen and oxygen atoms in total. The molecule has 5 heteroatoms. The molecular formula is C16H21NO4. The molecule has 2 N–H and O–H groups in total. The Balaban J connectivity index is 1.91. The molecule has 1 aliphatic rings. The number of nitrogens with one attached hydrogen (secondary N) is 1. The van der Waals surface area contributed by atoms with Gasteiger partial charge in [-0.25, -0.2) is 4.79 Å². The van der Waals surface area contributed by atoms with Crippen molar-refractivity contribution >= 4 is 11.9 Å². The third-order valence-electron chi connectivity index (χ3n) is 3.70. The standard InChI is InChI=1S/C16H21NO4/c1-2-13-12(16(19)20)10-14(21-13)15(18)17-9-8-11-6-4-3-5-7-11/h6,10H,2-5,7-9H2,1H3,(H,17,18)(H,19,20). The van der Waals surface area contributed by atoms with E-state index in [0.717, 1.165) is 19.3 Å². The fraction of sp³-hybridized carbons (Fsp3) is 0.500. The zero-order valence-corrected chi connectivity index (χ0v) is 12.3. The monoisotopic (exact) mass is 291 g/mol. The molecule has 21 heavy (non-hydrogen) atoms. The third kappa shape index (κ3) is 3.97. The molecule has 1 aromatic rings. The van der Waals surface area contributed by atoms with Crippen molar-refractivity contribution in [2.24, 2.45) is 0 Å². The van der Waals surface area contributed by atoms with Crippen molar-refractivity contribution in [2.45, 2.75) is 45.4 Å². The Hall–Kier alpha value is -2.04. The Morgan fingerprint density at radius 3 is 2.76 bits per heavy atom. The van der Waals surface area contributed by atoms with Crippen molar-refractivity contribution in [1.82, 2.24) is 5.32 Å². The first-order valence-corrected chi connectivity index (χ1v) is 7.44. The Bertz CT molecular complexity index is 557. The van der Waals surface area contributed by atoms with E-state index in [1.54, 1.807) is 6.92 Å². The predicted molar refractivity (Wildman–Crippen MR) is 78.5 cm³/mol. The van der Waals surface area contributed by atoms with Gasteiger partial charge in [-0.1, -0.05) is 18.6 Å². The van der Waals surface area contributed by atoms with Gasteiger partial charge in [0, 0.05) is 19.0 Å². The summed E-state index contributed by atoms with van der Waals surface area (Å²) < 4.78 is 5.32. The number of carboxylic acid groups (broad SMARTS) is 1. The molecule has 0 aromatic carbocycles. The van der Waals surface area contributed by atoms with E-state index >= 15 is 0 Å². The van der Waals surface area contributed by atoms with E-state index in [0.29, 0.717) is 18.7 Å². The van der Waals surface area contributed by atoms with E-state index in [1.807, 2.05) is 0 Å². The van der Waals surface area contributed by atoms with Crippen molar-refractivity contribution in [3.05, 3.63) is 34.8 Å². The van der Waals surface area contributed by atoms with Gasteiger partial charge in [-0.2, -0.15) is 0 Å². The van der Waals surface area contributed by atoms with Gasteiger partial charge in [0.2, 0.25) is 0 Å². The summed E-state index contributed by atoms with van der Waals surface area (Å²) in [5.74, 6) is -1.01. The molecule has 1 aliphatic carbocycles. The summed E-state index contributed by atoms with van der Waals surface area (Å²) in [5.41, 5.74) is 1.46. The smallest absolute Gasteiger partial charge is 0.339 e. The van der Waals surface area contributed by atoms with E-state index in [4.69, 9.17) is 9.52 Å². The number of carbonyl (C=O) groups is 2. The van der Waals surface area contributed by atoms with Crippen LogP contribution in [0, 0.1) is 0 Å². The van der Waals surface area contributed by atoms with Crippen molar-refractivity contribution in [1.29, 1.82) is 0 Å². The molecule has 2 rings (SSSR count). The second kappa shape index (κ2) is 7.11. The van der Waals surface area contributed by atoms with Crippen LogP contribution in [0.25, 0.3) is 0 Å². The minimum Gasteiger partial charge on any atom is -0.478 e. The summed E-state index contributed by atoms with van der Waals surface area (Å²) in [6.07, 6.45) is 8.25. The van der Waals surface area contributed by atoms with Gasteiger partial charge in [0.25, 0.3) is 5.91 Å². The van der Waals surface area contributed by atoms with Gasteiger partial charge < -0.3 is 14.8 Å². The highest BCUT2D eigenvalue weighted by atomic mass is 16.4. The highest BCUT2D eigenvalue weighted by Crippen LogP contribution is 2.20. The lowest BCUT2D eigenvalue weighted by atomic mass is 9.97. The SMILES string of the molecule is CCc1oc(C(=O)NCCC2=CCCCC2)cc1C(=O)O. The van der Waals surface area contributed by atoms with Crippen LogP contribution in [0.2, 0.25) is 0 Å². The Morgan fingerprint density at radius 2 is 2.19 bits per heavy atom. The number of furan rings is 1. The van der Waals surface area contributed by atoms with Crippen molar-refractivity contribution in [2.75, 3.05) is 6.54 Å². The molecule has 0 saturated carbocycles. The predicted octanol–water partition coefficient (Wildman–Crippen LogP) is 3.16. The van der Waals surface area contributed by atoms with Crippen LogP contribution < -0.4 is 5.32 Å². The van der Waals surface area contributed by atoms with Gasteiger partial charge in [-0.15, -0.1) is 0 Å². The van der Waals surface area contributed by atoms with Crippen LogP contribution in [0.15, 0.2) is 22.1 Å². The van der Waals surface area contributed by atoms with E-state index in [2.05, 4.69) is 11.4 Å². The van der Waals surface area contributed by atoms with Crippen LogP contribution >= 0.6 is 0 Å². The summed E-state index contributed by atoms with van der Waals surface area (Å²) in [6, 6.07) is 1.30. The molecule has 0 bridgehead atoms. The molecule has 114 valence electrons. The molecule has 0 radical (unpaired) electrons. The molecule has 1 aromatic heterocycles. The first-order chi connectivity index (χ1) is 10.1. The van der Waals surface area contributed by atoms with E-state index in [1.165, 1.54) is 24.5 Å². The first-order valence-electron chi connectivity index (χ1n) is 7.44. The molecule has 0 unspecified atom stereocenters. The highest BCUT2D eigenvalue weighted by Gasteiger charge is 2.19. The second-order valence-electron chi connectivity index (χ2n) is 5.22. The number of carbonyl (C=O) groups excluding carboxylic acids is 1. The molecule has 0 saturated heterocycles. The van der Waals surface area contributed by atoms with E-state index in [-0.39, 0.29) is 17.2 Å². The summed E-state index contributed by atoms with van der Waals surface area (Å²) in [7, 11) is 0. The maximum absolute atomic E-state index is 12.0. The maximum Gasteiger partial charge on any atom is 0.339 e. The van der Waals surface area contributed by atoms with Crippen molar-refractivity contribution < 1.29 is 19.1 Å². The normalized spacial score (nSPS) is 14.6. The molecule has 0 spiro atoms. The fourth-order valence-corrected chi connectivity index (χ4v) is 2.54. The third-order valence-corrected chi connectivity index (χ3v) is 3.70. The zero-order valence-electron chi connectivity index (χ0n) is 12.3. The molecule has 0 fully saturated rings. The fourth-order valence-electron chi connectivity index (χ4n) is 2.54. The second-order valence-corrected chi connectivity index (χ2v) is 5.22. The zero-order chi connectivity index (χ0) is 15.2. The largest absolute Gasteiger partial charge is 0.478 e. The number of rotatable bonds is 6. The quantitative estimate of drug-likeness (QED) is 0.789. The van der Waals surface area contributed by atoms with Gasteiger partial charge in [0.05, 0.1) is 0 Å². The molecular weight excluding hydrogens is 270 g/mol. The lowest BCUT2D eigenvalue weighted by Gasteiger charge is -2.12. The molecule has 1 heterocycles. The summed E-state index contributed by atoms with van der Waals surface area (Å²) >= 11 is 0. The van der Waals surface area contributed by atoms with Crippen LogP contribution in [-0.4, -0.2) is 23.5 Å². The van der Waals surface area contributed by atoms with E-state index in [9.17, 15) is 9.59 Å².